The SMILES string of the molecule is CCC(C)c1ccccc1N1CC(C(=O)N2CCN(Cc3cn(-c4c(Cl)cc(Cl)cc4Cl)nn3)C(=O)C2)CC1=O. The van der Waals surface area contributed by atoms with Crippen LogP contribution in [0.25, 0.3) is 5.69 Å². The summed E-state index contributed by atoms with van der Waals surface area (Å²) in [5, 5.41) is 9.31. The van der Waals surface area contributed by atoms with Crippen molar-refractivity contribution in [1.82, 2.24) is 24.8 Å². The molecule has 0 aliphatic carbocycles. The van der Waals surface area contributed by atoms with Gasteiger partial charge in [-0.05, 0) is 36.1 Å². The van der Waals surface area contributed by atoms with Crippen LogP contribution in [0, 0.1) is 5.92 Å². The van der Waals surface area contributed by atoms with Gasteiger partial charge in [0.05, 0.1) is 35.2 Å². The lowest BCUT2D eigenvalue weighted by Gasteiger charge is -2.35. The topological polar surface area (TPSA) is 91.6 Å². The van der Waals surface area contributed by atoms with Crippen molar-refractivity contribution in [1.29, 1.82) is 0 Å². The number of rotatable bonds is 7. The zero-order valence-corrected chi connectivity index (χ0v) is 24.5. The number of halogens is 3. The predicted octanol–water partition coefficient (Wildman–Crippen LogP) is 4.96. The third-order valence-electron chi connectivity index (χ3n) is 7.58. The number of para-hydroxylation sites is 1. The highest BCUT2D eigenvalue weighted by Crippen LogP contribution is 2.34. The van der Waals surface area contributed by atoms with Crippen molar-refractivity contribution >= 4 is 58.2 Å². The number of benzene rings is 2. The van der Waals surface area contributed by atoms with Gasteiger partial charge >= 0.3 is 0 Å². The fourth-order valence-corrected chi connectivity index (χ4v) is 6.22. The molecule has 0 N–H and O–H groups in total. The minimum atomic E-state index is -0.481. The molecule has 2 atom stereocenters. The average Bonchev–Trinajstić information content (AvgIpc) is 3.54. The van der Waals surface area contributed by atoms with Crippen molar-refractivity contribution in [3.8, 4) is 5.69 Å². The van der Waals surface area contributed by atoms with Gasteiger partial charge in [-0.3, -0.25) is 14.4 Å². The molecule has 2 aliphatic heterocycles. The molecule has 12 heteroatoms. The van der Waals surface area contributed by atoms with E-state index in [4.69, 9.17) is 34.8 Å². The molecule has 0 bridgehead atoms. The number of nitrogens with zero attached hydrogens (tertiary/aromatic N) is 6. The molecular weight excluding hydrogens is 575 g/mol. The van der Waals surface area contributed by atoms with Crippen LogP contribution in [0.3, 0.4) is 0 Å². The number of piperazine rings is 1. The summed E-state index contributed by atoms with van der Waals surface area (Å²) in [5.74, 6) is -0.609. The Labute approximate surface area is 247 Å². The quantitative estimate of drug-likeness (QED) is 0.381. The average molecular weight is 604 g/mol. The maximum Gasteiger partial charge on any atom is 0.242 e. The standard InChI is InChI=1S/C28H29Cl3N6O3/c1-3-17(2)21-6-4-5-7-24(21)36-13-18(10-25(36)38)28(40)35-9-8-34(26(39)16-35)14-20-15-37(33-32-20)27-22(30)11-19(29)12-23(27)31/h4-7,11-12,15,17-18H,3,8-10,13-14,16H2,1-2H3. The second kappa shape index (κ2) is 11.8. The molecule has 2 saturated heterocycles. The Morgan fingerprint density at radius 1 is 1.07 bits per heavy atom. The van der Waals surface area contributed by atoms with E-state index in [0.29, 0.717) is 52.0 Å². The summed E-state index contributed by atoms with van der Waals surface area (Å²) in [4.78, 5) is 44.3. The van der Waals surface area contributed by atoms with Gasteiger partial charge in [0.1, 0.15) is 11.4 Å². The number of aromatic nitrogens is 3. The highest BCUT2D eigenvalue weighted by Gasteiger charge is 2.40. The molecule has 5 rings (SSSR count). The number of hydrogen-bond acceptors (Lipinski definition) is 5. The lowest BCUT2D eigenvalue weighted by atomic mass is 9.96. The fraction of sp³-hybridized carbons (Fsp3) is 0.393. The second-order valence-electron chi connectivity index (χ2n) is 10.2. The second-order valence-corrected chi connectivity index (χ2v) is 11.5. The summed E-state index contributed by atoms with van der Waals surface area (Å²) in [6.45, 7) is 5.47. The molecule has 0 spiro atoms. The van der Waals surface area contributed by atoms with E-state index >= 15 is 0 Å². The molecule has 3 amide bonds. The summed E-state index contributed by atoms with van der Waals surface area (Å²) in [5.41, 5.74) is 2.97. The Balaban J connectivity index is 1.21. The molecule has 2 fully saturated rings. The van der Waals surface area contributed by atoms with E-state index in [-0.39, 0.29) is 37.2 Å². The Hall–Kier alpha value is -3.14. The molecule has 0 radical (unpaired) electrons. The van der Waals surface area contributed by atoms with Gasteiger partial charge in [-0.1, -0.05) is 72.1 Å². The summed E-state index contributed by atoms with van der Waals surface area (Å²) in [6, 6.07) is 11.0. The Morgan fingerprint density at radius 3 is 2.50 bits per heavy atom. The molecule has 40 heavy (non-hydrogen) atoms. The van der Waals surface area contributed by atoms with E-state index in [0.717, 1.165) is 17.7 Å². The lowest BCUT2D eigenvalue weighted by molar-refractivity contribution is -0.147. The Bertz CT molecular complexity index is 1440. The first kappa shape index (κ1) is 28.4. The van der Waals surface area contributed by atoms with Crippen LogP contribution in [-0.2, 0) is 20.9 Å². The normalized spacial score (nSPS) is 18.5. The number of hydrogen-bond donors (Lipinski definition) is 0. The molecular formula is C28H29Cl3N6O3. The first-order valence-electron chi connectivity index (χ1n) is 13.2. The van der Waals surface area contributed by atoms with Gasteiger partial charge in [0, 0.05) is 36.8 Å². The van der Waals surface area contributed by atoms with Gasteiger partial charge in [0.15, 0.2) is 0 Å². The summed E-state index contributed by atoms with van der Waals surface area (Å²) in [7, 11) is 0. The van der Waals surface area contributed by atoms with Crippen LogP contribution in [0.1, 0.15) is 43.9 Å². The fourth-order valence-electron chi connectivity index (χ4n) is 5.23. The minimum absolute atomic E-state index is 0.0457. The van der Waals surface area contributed by atoms with E-state index in [2.05, 4.69) is 24.2 Å². The molecule has 2 unspecified atom stereocenters. The summed E-state index contributed by atoms with van der Waals surface area (Å²) < 4.78 is 1.45. The molecule has 2 aliphatic rings. The van der Waals surface area contributed by atoms with Gasteiger partial charge in [-0.15, -0.1) is 5.10 Å². The van der Waals surface area contributed by atoms with Crippen LogP contribution in [0.2, 0.25) is 15.1 Å². The Kier molecular flexibility index (Phi) is 8.35. The van der Waals surface area contributed by atoms with Crippen molar-refractivity contribution in [2.75, 3.05) is 31.1 Å². The number of carbonyl (C=O) groups excluding carboxylic acids is 3. The highest BCUT2D eigenvalue weighted by atomic mass is 35.5. The van der Waals surface area contributed by atoms with Gasteiger partial charge in [0.25, 0.3) is 0 Å². The molecule has 3 aromatic rings. The largest absolute Gasteiger partial charge is 0.333 e. The van der Waals surface area contributed by atoms with E-state index in [1.54, 1.807) is 33.0 Å². The molecule has 210 valence electrons. The van der Waals surface area contributed by atoms with Crippen molar-refractivity contribution in [2.24, 2.45) is 5.92 Å². The van der Waals surface area contributed by atoms with E-state index < -0.39 is 5.92 Å². The third kappa shape index (κ3) is 5.68. The van der Waals surface area contributed by atoms with Gasteiger partial charge in [-0.25, -0.2) is 4.68 Å². The van der Waals surface area contributed by atoms with Gasteiger partial charge < -0.3 is 14.7 Å². The Morgan fingerprint density at radius 2 is 1.80 bits per heavy atom. The van der Waals surface area contributed by atoms with Crippen LogP contribution >= 0.6 is 34.8 Å². The van der Waals surface area contributed by atoms with Gasteiger partial charge in [-0.2, -0.15) is 0 Å². The van der Waals surface area contributed by atoms with Crippen LogP contribution in [0.5, 0.6) is 0 Å². The van der Waals surface area contributed by atoms with Crippen molar-refractivity contribution < 1.29 is 14.4 Å². The smallest absolute Gasteiger partial charge is 0.242 e. The van der Waals surface area contributed by atoms with Crippen molar-refractivity contribution in [3.05, 3.63) is 68.9 Å². The maximum atomic E-state index is 13.4. The maximum absolute atomic E-state index is 13.4. The van der Waals surface area contributed by atoms with E-state index in [9.17, 15) is 14.4 Å². The van der Waals surface area contributed by atoms with Crippen molar-refractivity contribution in [2.45, 2.75) is 39.2 Å². The van der Waals surface area contributed by atoms with Crippen LogP contribution in [-0.4, -0.2) is 68.7 Å². The molecule has 3 heterocycles. The van der Waals surface area contributed by atoms with Gasteiger partial charge in [0.2, 0.25) is 17.7 Å². The lowest BCUT2D eigenvalue weighted by Crippen LogP contribution is -2.53. The molecule has 0 saturated carbocycles. The van der Waals surface area contributed by atoms with E-state index in [1.807, 2.05) is 24.3 Å². The summed E-state index contributed by atoms with van der Waals surface area (Å²) >= 11 is 18.6. The monoisotopic (exact) mass is 602 g/mol. The van der Waals surface area contributed by atoms with Crippen LogP contribution in [0.4, 0.5) is 5.69 Å². The first-order valence-corrected chi connectivity index (χ1v) is 14.3. The third-order valence-corrected chi connectivity index (χ3v) is 8.37. The van der Waals surface area contributed by atoms with Crippen LogP contribution < -0.4 is 4.90 Å². The zero-order valence-electron chi connectivity index (χ0n) is 22.2. The molecule has 1 aromatic heterocycles. The minimum Gasteiger partial charge on any atom is -0.333 e. The first-order chi connectivity index (χ1) is 19.2. The zero-order chi connectivity index (χ0) is 28.6. The molecule has 9 nitrogen and oxygen atoms in total. The van der Waals surface area contributed by atoms with Crippen molar-refractivity contribution in [3.63, 3.8) is 0 Å². The van der Waals surface area contributed by atoms with Crippen LogP contribution in [0.15, 0.2) is 42.6 Å². The number of carbonyl (C=O) groups is 3. The number of anilines is 1. The summed E-state index contributed by atoms with van der Waals surface area (Å²) in [6.07, 6.45) is 2.75. The highest BCUT2D eigenvalue weighted by molar-refractivity contribution is 6.40. The number of amides is 3. The van der Waals surface area contributed by atoms with E-state index in [1.165, 1.54) is 4.68 Å². The predicted molar refractivity (Wildman–Crippen MR) is 154 cm³/mol. The molecule has 2 aromatic carbocycles.